The summed E-state index contributed by atoms with van der Waals surface area (Å²) in [6.45, 7) is 7.52. The zero-order valence-electron chi connectivity index (χ0n) is 13.3. The maximum atomic E-state index is 12.4. The Morgan fingerprint density at radius 1 is 1.10 bits per heavy atom. The fourth-order valence-corrected chi connectivity index (χ4v) is 1.94. The Labute approximate surface area is 126 Å². The lowest BCUT2D eigenvalue weighted by Crippen LogP contribution is -2.50. The number of methoxy groups -OCH3 is 1. The predicted molar refractivity (Wildman–Crippen MR) is 83.0 cm³/mol. The molecule has 0 aliphatic rings. The van der Waals surface area contributed by atoms with Gasteiger partial charge in [-0.15, -0.1) is 0 Å². The van der Waals surface area contributed by atoms with E-state index in [0.717, 1.165) is 11.3 Å². The zero-order chi connectivity index (χ0) is 16.0. The number of carbonyl (C=O) groups excluding carboxylic acids is 2. The monoisotopic (exact) mass is 292 g/mol. The van der Waals surface area contributed by atoms with Gasteiger partial charge in [0.15, 0.2) is 0 Å². The second-order valence-electron chi connectivity index (χ2n) is 5.49. The summed E-state index contributed by atoms with van der Waals surface area (Å²) in [7, 11) is 1.33. The Balaban J connectivity index is 2.73. The van der Waals surface area contributed by atoms with Crippen LogP contribution in [0.2, 0.25) is 0 Å². The smallest absolute Gasteiger partial charge is 0.322 e. The molecule has 1 aromatic rings. The van der Waals surface area contributed by atoms with Crippen molar-refractivity contribution in [2.45, 2.75) is 39.8 Å². The van der Waals surface area contributed by atoms with Crippen LogP contribution >= 0.6 is 0 Å². The molecule has 0 aliphatic heterocycles. The molecule has 5 heteroatoms. The third-order valence-corrected chi connectivity index (χ3v) is 3.25. The Hall–Kier alpha value is -1.88. The molecule has 0 spiro atoms. The molecule has 0 aliphatic carbocycles. The highest BCUT2D eigenvalue weighted by molar-refractivity contribution is 5.95. The lowest BCUT2D eigenvalue weighted by Gasteiger charge is -2.24. The highest BCUT2D eigenvalue weighted by Gasteiger charge is 2.26. The van der Waals surface area contributed by atoms with Crippen molar-refractivity contribution < 1.29 is 14.3 Å². The number of nitrogens with one attached hydrogen (secondary N) is 2. The van der Waals surface area contributed by atoms with Gasteiger partial charge in [-0.2, -0.15) is 0 Å². The molecule has 0 fully saturated rings. The lowest BCUT2D eigenvalue weighted by atomic mass is 10.0. The molecule has 1 aromatic carbocycles. The fraction of sp³-hybridized carbons (Fsp3) is 0.500. The van der Waals surface area contributed by atoms with E-state index in [0.29, 0.717) is 0 Å². The highest BCUT2D eigenvalue weighted by Crippen LogP contribution is 2.11. The van der Waals surface area contributed by atoms with Crippen LogP contribution in [-0.2, 0) is 14.3 Å². The molecule has 0 unspecified atom stereocenters. The van der Waals surface area contributed by atoms with Gasteiger partial charge in [0.2, 0.25) is 5.91 Å². The van der Waals surface area contributed by atoms with Crippen molar-refractivity contribution in [2.75, 3.05) is 12.4 Å². The lowest BCUT2D eigenvalue weighted by molar-refractivity contribution is -0.143. The highest BCUT2D eigenvalue weighted by atomic mass is 16.5. The minimum Gasteiger partial charge on any atom is -0.468 e. The van der Waals surface area contributed by atoms with Gasteiger partial charge in [0.1, 0.15) is 6.04 Å². The minimum atomic E-state index is -0.536. The number of esters is 1. The van der Waals surface area contributed by atoms with Gasteiger partial charge in [-0.05, 0) is 31.9 Å². The molecule has 0 radical (unpaired) electrons. The Morgan fingerprint density at radius 3 is 2.14 bits per heavy atom. The van der Waals surface area contributed by atoms with Gasteiger partial charge >= 0.3 is 5.97 Å². The second-order valence-corrected chi connectivity index (χ2v) is 5.49. The molecule has 0 heterocycles. The molecule has 116 valence electrons. The first-order valence-corrected chi connectivity index (χ1v) is 7.06. The van der Waals surface area contributed by atoms with E-state index in [2.05, 4.69) is 15.4 Å². The first kappa shape index (κ1) is 17.2. The number of hydrogen-bond acceptors (Lipinski definition) is 4. The van der Waals surface area contributed by atoms with Crippen LogP contribution in [0.3, 0.4) is 0 Å². The molecule has 2 atom stereocenters. The summed E-state index contributed by atoms with van der Waals surface area (Å²) in [5.41, 5.74) is 1.87. The van der Waals surface area contributed by atoms with Crippen LogP contribution in [0, 0.1) is 12.8 Å². The molecular formula is C16H24N2O3. The molecule has 0 aromatic heterocycles. The zero-order valence-corrected chi connectivity index (χ0v) is 13.3. The maximum absolute atomic E-state index is 12.4. The van der Waals surface area contributed by atoms with Crippen molar-refractivity contribution in [2.24, 2.45) is 5.92 Å². The van der Waals surface area contributed by atoms with Crippen LogP contribution in [0.25, 0.3) is 0 Å². The van der Waals surface area contributed by atoms with Crippen molar-refractivity contribution in [3.8, 4) is 0 Å². The number of amides is 1. The number of benzene rings is 1. The number of aryl methyl sites for hydroxylation is 1. The summed E-state index contributed by atoms with van der Waals surface area (Å²) in [5, 5.41) is 5.87. The van der Waals surface area contributed by atoms with E-state index < -0.39 is 12.1 Å². The van der Waals surface area contributed by atoms with Gasteiger partial charge in [0, 0.05) is 5.69 Å². The van der Waals surface area contributed by atoms with Crippen LogP contribution < -0.4 is 10.6 Å². The van der Waals surface area contributed by atoms with Gasteiger partial charge in [-0.3, -0.25) is 14.9 Å². The topological polar surface area (TPSA) is 67.4 Å². The van der Waals surface area contributed by atoms with E-state index in [1.807, 2.05) is 45.0 Å². The fourth-order valence-electron chi connectivity index (χ4n) is 1.94. The number of hydrogen-bond donors (Lipinski definition) is 2. The Bertz CT molecular complexity index is 483. The third kappa shape index (κ3) is 5.19. The SMILES string of the molecule is COC(=O)[C@H](C)N[C@@H](C(=O)Nc1ccc(C)cc1)C(C)C. The first-order chi connectivity index (χ1) is 9.85. The third-order valence-electron chi connectivity index (χ3n) is 3.25. The number of carbonyl (C=O) groups is 2. The van der Waals surface area contributed by atoms with Gasteiger partial charge in [-0.1, -0.05) is 31.5 Å². The summed E-state index contributed by atoms with van der Waals surface area (Å²) in [6.07, 6.45) is 0. The normalized spacial score (nSPS) is 13.6. The number of anilines is 1. The molecule has 0 saturated heterocycles. The van der Waals surface area contributed by atoms with Crippen LogP contribution in [0.4, 0.5) is 5.69 Å². The van der Waals surface area contributed by atoms with Gasteiger partial charge < -0.3 is 10.1 Å². The summed E-state index contributed by atoms with van der Waals surface area (Å²) in [4.78, 5) is 23.8. The number of rotatable bonds is 6. The molecule has 1 amide bonds. The Morgan fingerprint density at radius 2 is 1.67 bits per heavy atom. The van der Waals surface area contributed by atoms with Crippen LogP contribution in [-0.4, -0.2) is 31.1 Å². The van der Waals surface area contributed by atoms with Crippen LogP contribution in [0.15, 0.2) is 24.3 Å². The van der Waals surface area contributed by atoms with Crippen molar-refractivity contribution >= 4 is 17.6 Å². The van der Waals surface area contributed by atoms with Crippen molar-refractivity contribution in [1.29, 1.82) is 0 Å². The summed E-state index contributed by atoms with van der Waals surface area (Å²) < 4.78 is 4.67. The molecule has 2 N–H and O–H groups in total. The minimum absolute atomic E-state index is 0.0440. The van der Waals surface area contributed by atoms with Gasteiger partial charge in [0.25, 0.3) is 0 Å². The van der Waals surface area contributed by atoms with E-state index >= 15 is 0 Å². The van der Waals surface area contributed by atoms with Crippen molar-refractivity contribution in [3.63, 3.8) is 0 Å². The van der Waals surface area contributed by atoms with Crippen molar-refractivity contribution in [3.05, 3.63) is 29.8 Å². The van der Waals surface area contributed by atoms with E-state index in [-0.39, 0.29) is 17.8 Å². The van der Waals surface area contributed by atoms with Crippen LogP contribution in [0.1, 0.15) is 26.3 Å². The average molecular weight is 292 g/mol. The molecule has 21 heavy (non-hydrogen) atoms. The molecular weight excluding hydrogens is 268 g/mol. The summed E-state index contributed by atoms with van der Waals surface area (Å²) in [5.74, 6) is -0.504. The standard InChI is InChI=1S/C16H24N2O3/c1-10(2)14(17-12(4)16(20)21-5)15(19)18-13-8-6-11(3)7-9-13/h6-10,12,14,17H,1-5H3,(H,18,19)/t12-,14+/m0/s1. The predicted octanol–water partition coefficient (Wildman–Crippen LogP) is 2.11. The first-order valence-electron chi connectivity index (χ1n) is 7.06. The van der Waals surface area contributed by atoms with E-state index in [4.69, 9.17) is 0 Å². The molecule has 0 bridgehead atoms. The average Bonchev–Trinajstić information content (AvgIpc) is 2.45. The quantitative estimate of drug-likeness (QED) is 0.788. The summed E-state index contributed by atoms with van der Waals surface area (Å²) >= 11 is 0. The number of ether oxygens (including phenoxy) is 1. The molecule has 0 saturated carbocycles. The molecule has 1 rings (SSSR count). The van der Waals surface area contributed by atoms with Gasteiger partial charge in [0.05, 0.1) is 13.2 Å². The Kier molecular flexibility index (Phi) is 6.37. The van der Waals surface area contributed by atoms with E-state index in [9.17, 15) is 9.59 Å². The van der Waals surface area contributed by atoms with Crippen molar-refractivity contribution in [1.82, 2.24) is 5.32 Å². The summed E-state index contributed by atoms with van der Waals surface area (Å²) in [6, 6.07) is 6.57. The van der Waals surface area contributed by atoms with E-state index in [1.54, 1.807) is 6.92 Å². The van der Waals surface area contributed by atoms with Crippen LogP contribution in [0.5, 0.6) is 0 Å². The van der Waals surface area contributed by atoms with Gasteiger partial charge in [-0.25, -0.2) is 0 Å². The molecule has 5 nitrogen and oxygen atoms in total. The second kappa shape index (κ2) is 7.78. The maximum Gasteiger partial charge on any atom is 0.322 e. The largest absolute Gasteiger partial charge is 0.468 e. The van der Waals surface area contributed by atoms with E-state index in [1.165, 1.54) is 7.11 Å².